The maximum atomic E-state index is 9.32. The van der Waals surface area contributed by atoms with E-state index in [1.807, 2.05) is 11.5 Å². The van der Waals surface area contributed by atoms with Gasteiger partial charge in [0.1, 0.15) is 11.7 Å². The molecular formula is C13H19N5O2. The van der Waals surface area contributed by atoms with Crippen LogP contribution in [0.15, 0.2) is 6.33 Å². The smallest absolute Gasteiger partial charge is 0.222 e. The molecule has 1 aliphatic heterocycles. The third-order valence-electron chi connectivity index (χ3n) is 3.81. The van der Waals surface area contributed by atoms with Gasteiger partial charge in [-0.25, -0.2) is 9.97 Å². The summed E-state index contributed by atoms with van der Waals surface area (Å²) in [5.74, 6) is 0.228. The fourth-order valence-electron chi connectivity index (χ4n) is 2.90. The van der Waals surface area contributed by atoms with Gasteiger partial charge in [0.05, 0.1) is 24.7 Å². The molecule has 3 N–H and O–H groups in total. The lowest BCUT2D eigenvalue weighted by molar-refractivity contribution is -0.0447. The molecular weight excluding hydrogens is 258 g/mol. The Morgan fingerprint density at radius 3 is 2.90 bits per heavy atom. The monoisotopic (exact) mass is 277 g/mol. The number of nitrogen functional groups attached to an aromatic ring is 1. The second kappa shape index (κ2) is 4.39. The Morgan fingerprint density at radius 1 is 1.50 bits per heavy atom. The highest BCUT2D eigenvalue weighted by atomic mass is 16.5. The Bertz CT molecular complexity index is 651. The van der Waals surface area contributed by atoms with Crippen LogP contribution in [-0.4, -0.2) is 37.3 Å². The largest absolute Gasteiger partial charge is 0.394 e. The molecule has 7 heteroatoms. The average molecular weight is 277 g/mol. The summed E-state index contributed by atoms with van der Waals surface area (Å²) in [5.41, 5.74) is 7.76. The second-order valence-electron chi connectivity index (χ2n) is 5.98. The van der Waals surface area contributed by atoms with Crippen LogP contribution in [0.2, 0.25) is 0 Å². The molecule has 7 nitrogen and oxygen atoms in total. The Labute approximate surface area is 116 Å². The number of anilines is 1. The van der Waals surface area contributed by atoms with E-state index in [9.17, 15) is 5.11 Å². The average Bonchev–Trinajstić information content (AvgIpc) is 2.89. The van der Waals surface area contributed by atoms with Gasteiger partial charge < -0.3 is 15.6 Å². The van der Waals surface area contributed by atoms with Gasteiger partial charge >= 0.3 is 0 Å². The van der Waals surface area contributed by atoms with Gasteiger partial charge in [-0.2, -0.15) is 4.98 Å². The van der Waals surface area contributed by atoms with Crippen LogP contribution >= 0.6 is 0 Å². The topological polar surface area (TPSA) is 99.1 Å². The van der Waals surface area contributed by atoms with Crippen LogP contribution in [0, 0.1) is 12.3 Å². The number of aromatic nitrogens is 4. The molecule has 0 saturated carbocycles. The van der Waals surface area contributed by atoms with Crippen molar-refractivity contribution in [1.29, 1.82) is 0 Å². The van der Waals surface area contributed by atoms with E-state index in [-0.39, 0.29) is 30.3 Å². The molecule has 0 amide bonds. The van der Waals surface area contributed by atoms with E-state index < -0.39 is 0 Å². The molecule has 2 aromatic rings. The molecule has 0 bridgehead atoms. The second-order valence-corrected chi connectivity index (χ2v) is 5.98. The standard InChI is InChI=1S/C13H19N5O2/c1-7-9-10(17-12(14)16-7)18(6-15-9)11-13(2,3)4-8(5-19)20-11/h6,8,11,19H,4-5H2,1-3H3,(H2,14,16,17). The number of aliphatic hydroxyl groups is 1. The third kappa shape index (κ3) is 1.94. The van der Waals surface area contributed by atoms with Gasteiger partial charge in [0.25, 0.3) is 0 Å². The lowest BCUT2D eigenvalue weighted by Crippen LogP contribution is -2.22. The number of imidazole rings is 1. The van der Waals surface area contributed by atoms with Crippen LogP contribution < -0.4 is 5.73 Å². The summed E-state index contributed by atoms with van der Waals surface area (Å²) >= 11 is 0. The molecule has 0 spiro atoms. The number of aliphatic hydroxyl groups excluding tert-OH is 1. The first kappa shape index (κ1) is 13.3. The molecule has 3 heterocycles. The van der Waals surface area contributed by atoms with E-state index >= 15 is 0 Å². The number of fused-ring (bicyclic) bond motifs is 1. The molecule has 2 unspecified atom stereocenters. The van der Waals surface area contributed by atoms with Crippen LogP contribution in [0.4, 0.5) is 5.95 Å². The van der Waals surface area contributed by atoms with E-state index in [1.54, 1.807) is 6.33 Å². The number of rotatable bonds is 2. The van der Waals surface area contributed by atoms with E-state index in [2.05, 4.69) is 28.8 Å². The summed E-state index contributed by atoms with van der Waals surface area (Å²) in [6.45, 7) is 6.09. The summed E-state index contributed by atoms with van der Waals surface area (Å²) in [5, 5.41) is 9.32. The zero-order valence-electron chi connectivity index (χ0n) is 11.9. The molecule has 1 saturated heterocycles. The Balaban J connectivity index is 2.11. The molecule has 1 aliphatic rings. The molecule has 0 radical (unpaired) electrons. The highest BCUT2D eigenvalue weighted by Crippen LogP contribution is 2.45. The van der Waals surface area contributed by atoms with Gasteiger partial charge in [0.15, 0.2) is 5.65 Å². The van der Waals surface area contributed by atoms with Crippen LogP contribution in [0.1, 0.15) is 32.2 Å². The van der Waals surface area contributed by atoms with Crippen molar-refractivity contribution in [3.8, 4) is 0 Å². The SMILES string of the molecule is Cc1nc(N)nc2c1ncn2C1OC(CO)CC1(C)C. The zero-order chi connectivity index (χ0) is 14.5. The van der Waals surface area contributed by atoms with E-state index in [4.69, 9.17) is 10.5 Å². The number of hydrogen-bond donors (Lipinski definition) is 2. The quantitative estimate of drug-likeness (QED) is 0.850. The maximum absolute atomic E-state index is 9.32. The van der Waals surface area contributed by atoms with Crippen molar-refractivity contribution in [2.45, 2.75) is 39.5 Å². The summed E-state index contributed by atoms with van der Waals surface area (Å²) in [7, 11) is 0. The molecule has 3 rings (SSSR count). The van der Waals surface area contributed by atoms with Crippen LogP contribution in [-0.2, 0) is 4.74 Å². The number of ether oxygens (including phenoxy) is 1. The van der Waals surface area contributed by atoms with Crippen molar-refractivity contribution in [2.24, 2.45) is 5.41 Å². The zero-order valence-corrected chi connectivity index (χ0v) is 11.9. The van der Waals surface area contributed by atoms with Crippen LogP contribution in [0.5, 0.6) is 0 Å². The number of aryl methyl sites for hydroxylation is 1. The van der Waals surface area contributed by atoms with Gasteiger partial charge in [-0.05, 0) is 13.3 Å². The summed E-state index contributed by atoms with van der Waals surface area (Å²) in [6, 6.07) is 0. The van der Waals surface area contributed by atoms with Crippen molar-refractivity contribution in [3.63, 3.8) is 0 Å². The molecule has 108 valence electrons. The Kier molecular flexibility index (Phi) is 2.91. The number of hydrogen-bond acceptors (Lipinski definition) is 6. The minimum absolute atomic E-state index is 0.0166. The fourth-order valence-corrected chi connectivity index (χ4v) is 2.90. The summed E-state index contributed by atoms with van der Waals surface area (Å²) in [4.78, 5) is 12.8. The minimum atomic E-state index is -0.224. The van der Waals surface area contributed by atoms with Gasteiger partial charge in [0, 0.05) is 5.41 Å². The van der Waals surface area contributed by atoms with Crippen molar-refractivity contribution in [2.75, 3.05) is 12.3 Å². The van der Waals surface area contributed by atoms with Crippen LogP contribution in [0.3, 0.4) is 0 Å². The van der Waals surface area contributed by atoms with Gasteiger partial charge in [-0.1, -0.05) is 13.8 Å². The molecule has 20 heavy (non-hydrogen) atoms. The van der Waals surface area contributed by atoms with E-state index in [0.29, 0.717) is 5.65 Å². The van der Waals surface area contributed by atoms with E-state index in [0.717, 1.165) is 17.6 Å². The first-order valence-corrected chi connectivity index (χ1v) is 6.65. The first-order chi connectivity index (χ1) is 9.42. The highest BCUT2D eigenvalue weighted by Gasteiger charge is 2.43. The Morgan fingerprint density at radius 2 is 2.25 bits per heavy atom. The molecule has 1 fully saturated rings. The first-order valence-electron chi connectivity index (χ1n) is 6.65. The Hall–Kier alpha value is -1.73. The van der Waals surface area contributed by atoms with Crippen molar-refractivity contribution in [3.05, 3.63) is 12.0 Å². The highest BCUT2D eigenvalue weighted by molar-refractivity contribution is 5.74. The predicted octanol–water partition coefficient (Wildman–Crippen LogP) is 1.02. The summed E-state index contributed by atoms with van der Waals surface area (Å²) < 4.78 is 7.81. The normalized spacial score (nSPS) is 25.4. The van der Waals surface area contributed by atoms with Crippen molar-refractivity contribution in [1.82, 2.24) is 19.5 Å². The molecule has 2 aromatic heterocycles. The lowest BCUT2D eigenvalue weighted by atomic mass is 9.87. The third-order valence-corrected chi connectivity index (χ3v) is 3.81. The number of nitrogens with two attached hydrogens (primary N) is 1. The fraction of sp³-hybridized carbons (Fsp3) is 0.615. The van der Waals surface area contributed by atoms with Gasteiger partial charge in [-0.3, -0.25) is 4.57 Å². The van der Waals surface area contributed by atoms with E-state index in [1.165, 1.54) is 0 Å². The predicted molar refractivity (Wildman–Crippen MR) is 73.9 cm³/mol. The summed E-state index contributed by atoms with van der Waals surface area (Å²) in [6.07, 6.45) is 2.11. The molecule has 0 aromatic carbocycles. The van der Waals surface area contributed by atoms with Crippen LogP contribution in [0.25, 0.3) is 11.2 Å². The molecule has 2 atom stereocenters. The van der Waals surface area contributed by atoms with Gasteiger partial charge in [-0.15, -0.1) is 0 Å². The molecule has 0 aliphatic carbocycles. The lowest BCUT2D eigenvalue weighted by Gasteiger charge is -2.26. The maximum Gasteiger partial charge on any atom is 0.222 e. The van der Waals surface area contributed by atoms with Crippen molar-refractivity contribution >= 4 is 17.1 Å². The van der Waals surface area contributed by atoms with Crippen molar-refractivity contribution < 1.29 is 9.84 Å². The van der Waals surface area contributed by atoms with Gasteiger partial charge in [0.2, 0.25) is 5.95 Å². The number of nitrogens with zero attached hydrogens (tertiary/aromatic N) is 4. The minimum Gasteiger partial charge on any atom is -0.394 e.